The number of hydrogen-bond acceptors (Lipinski definition) is 3. The quantitative estimate of drug-likeness (QED) is 0.318. The van der Waals surface area contributed by atoms with Crippen molar-refractivity contribution in [2.24, 2.45) is 5.92 Å². The molecule has 0 bridgehead atoms. The van der Waals surface area contributed by atoms with Gasteiger partial charge in [-0.25, -0.2) is 0 Å². The molecule has 0 saturated carbocycles. The first-order valence-corrected chi connectivity index (χ1v) is 10.1. The largest absolute Gasteiger partial charge is 0.610 e. The molecule has 0 amide bonds. The van der Waals surface area contributed by atoms with Crippen molar-refractivity contribution in [2.75, 3.05) is 26.4 Å². The van der Waals surface area contributed by atoms with Crippen molar-refractivity contribution >= 4 is 8.18 Å². The molecule has 0 fully saturated rings. The van der Waals surface area contributed by atoms with E-state index >= 15 is 0 Å². The molecule has 0 aromatic rings. The van der Waals surface area contributed by atoms with Crippen molar-refractivity contribution in [2.45, 2.75) is 78.2 Å². The van der Waals surface area contributed by atoms with E-state index < -0.39 is 8.18 Å². The van der Waals surface area contributed by atoms with E-state index in [2.05, 4.69) is 18.9 Å². The van der Waals surface area contributed by atoms with E-state index in [0.29, 0.717) is 0 Å². The third-order valence-electron chi connectivity index (χ3n) is 3.64. The van der Waals surface area contributed by atoms with Crippen LogP contribution in [0.15, 0.2) is 0 Å². The Hall–Kier alpha value is -0.0600. The van der Waals surface area contributed by atoms with Crippen LogP contribution in [0.5, 0.6) is 0 Å². The second-order valence-corrected chi connectivity index (χ2v) is 7.96. The van der Waals surface area contributed by atoms with Gasteiger partial charge in [-0.3, -0.25) is 0 Å². The molecule has 0 spiro atoms. The summed E-state index contributed by atoms with van der Waals surface area (Å²) in [5.41, 5.74) is -0.300. The molecular formula is C17H37NO4P+. The summed E-state index contributed by atoms with van der Waals surface area (Å²) in [6.07, 6.45) is 7.46. The van der Waals surface area contributed by atoms with Crippen molar-refractivity contribution in [3.63, 3.8) is 0 Å². The molecule has 0 saturated heterocycles. The lowest BCUT2D eigenvalue weighted by Crippen LogP contribution is -2.34. The smallest absolute Gasteiger partial charge is 0.381 e. The average molecular weight is 350 g/mol. The van der Waals surface area contributed by atoms with Crippen molar-refractivity contribution in [3.05, 3.63) is 0 Å². The highest BCUT2D eigenvalue weighted by molar-refractivity contribution is 7.35. The summed E-state index contributed by atoms with van der Waals surface area (Å²) in [6.45, 7) is 11.5. The van der Waals surface area contributed by atoms with Crippen LogP contribution in [0, 0.1) is 5.92 Å². The Morgan fingerprint density at radius 3 is 2.00 bits per heavy atom. The summed E-state index contributed by atoms with van der Waals surface area (Å²) >= 11 is 0. The number of rotatable bonds is 16. The highest BCUT2D eigenvalue weighted by atomic mass is 31.1. The SMILES string of the molecule is CC(C)CCCCOCCCOCCCCC(C)(C)N[P+](=O)O. The maximum atomic E-state index is 10.8. The van der Waals surface area contributed by atoms with Gasteiger partial charge in [-0.15, -0.1) is 4.89 Å². The molecule has 1 unspecified atom stereocenters. The Kier molecular flexibility index (Phi) is 14.3. The summed E-state index contributed by atoms with van der Waals surface area (Å²) in [6, 6.07) is 0. The van der Waals surface area contributed by atoms with Crippen molar-refractivity contribution in [1.82, 2.24) is 5.09 Å². The lowest BCUT2D eigenvalue weighted by Gasteiger charge is -2.18. The summed E-state index contributed by atoms with van der Waals surface area (Å²) in [4.78, 5) is 8.87. The summed E-state index contributed by atoms with van der Waals surface area (Å²) < 4.78 is 21.9. The fourth-order valence-corrected chi connectivity index (χ4v) is 2.94. The van der Waals surface area contributed by atoms with Crippen LogP contribution >= 0.6 is 8.18 Å². The third-order valence-corrected chi connectivity index (χ3v) is 4.43. The van der Waals surface area contributed by atoms with Gasteiger partial charge in [0.05, 0.1) is 5.54 Å². The molecule has 138 valence electrons. The first kappa shape index (κ1) is 22.9. The fraction of sp³-hybridized carbons (Fsp3) is 1.00. The van der Waals surface area contributed by atoms with E-state index in [1.54, 1.807) is 0 Å². The molecule has 0 aromatic heterocycles. The van der Waals surface area contributed by atoms with Crippen LogP contribution in [0.25, 0.3) is 0 Å². The fourth-order valence-electron chi connectivity index (χ4n) is 2.31. The van der Waals surface area contributed by atoms with E-state index in [-0.39, 0.29) is 5.54 Å². The lowest BCUT2D eigenvalue weighted by molar-refractivity contribution is 0.0789. The molecule has 5 nitrogen and oxygen atoms in total. The number of nitrogens with one attached hydrogen (secondary N) is 1. The third kappa shape index (κ3) is 18.1. The number of ether oxygens (including phenoxy) is 2. The Labute approximate surface area is 143 Å². The monoisotopic (exact) mass is 350 g/mol. The summed E-state index contributed by atoms with van der Waals surface area (Å²) in [7, 11) is -2.28. The first-order valence-electron chi connectivity index (χ1n) is 8.93. The molecule has 2 N–H and O–H groups in total. The van der Waals surface area contributed by atoms with E-state index in [1.165, 1.54) is 12.8 Å². The molecule has 1 atom stereocenters. The Bertz CT molecular complexity index is 298. The predicted molar refractivity (Wildman–Crippen MR) is 95.8 cm³/mol. The molecule has 0 heterocycles. The van der Waals surface area contributed by atoms with E-state index in [9.17, 15) is 4.57 Å². The van der Waals surface area contributed by atoms with Crippen molar-refractivity contribution in [1.29, 1.82) is 0 Å². The van der Waals surface area contributed by atoms with Gasteiger partial charge in [0.1, 0.15) is 0 Å². The van der Waals surface area contributed by atoms with Gasteiger partial charge in [-0.05, 0) is 56.4 Å². The van der Waals surface area contributed by atoms with Crippen LogP contribution in [0.4, 0.5) is 0 Å². The number of unbranched alkanes of at least 4 members (excludes halogenated alkanes) is 2. The van der Waals surface area contributed by atoms with Crippen molar-refractivity contribution in [3.8, 4) is 0 Å². The molecular weight excluding hydrogens is 313 g/mol. The minimum atomic E-state index is -2.28. The van der Waals surface area contributed by atoms with Gasteiger partial charge in [0.15, 0.2) is 0 Å². The standard InChI is InChI=1S/C17H36NO4P/c1-16(2)10-5-7-12-21-14-9-15-22-13-8-6-11-17(3,4)18-23(19)20/h16H,5-15H2,1-4H3,(H-,18,19,20)/p+1. The average Bonchev–Trinajstić information content (AvgIpc) is 2.42. The first-order chi connectivity index (χ1) is 10.8. The molecule has 0 aliphatic carbocycles. The molecule has 6 heteroatoms. The van der Waals surface area contributed by atoms with Gasteiger partial charge in [-0.2, -0.15) is 0 Å². The van der Waals surface area contributed by atoms with Crippen LogP contribution in [0.2, 0.25) is 0 Å². The lowest BCUT2D eigenvalue weighted by atomic mass is 9.99. The summed E-state index contributed by atoms with van der Waals surface area (Å²) in [5.74, 6) is 0.788. The van der Waals surface area contributed by atoms with Crippen molar-refractivity contribution < 1.29 is 18.9 Å². The highest BCUT2D eigenvalue weighted by Gasteiger charge is 2.26. The van der Waals surface area contributed by atoms with Gasteiger partial charge in [0.2, 0.25) is 0 Å². The zero-order chi connectivity index (χ0) is 17.6. The predicted octanol–water partition coefficient (Wildman–Crippen LogP) is 4.42. The maximum Gasteiger partial charge on any atom is 0.610 e. The molecule has 0 aliphatic rings. The molecule has 23 heavy (non-hydrogen) atoms. The van der Waals surface area contributed by atoms with Crippen LogP contribution < -0.4 is 5.09 Å². The maximum absolute atomic E-state index is 10.8. The Morgan fingerprint density at radius 1 is 0.957 bits per heavy atom. The molecule has 0 aliphatic heterocycles. The summed E-state index contributed by atoms with van der Waals surface area (Å²) in [5, 5.41) is 2.67. The molecule has 0 aromatic carbocycles. The van der Waals surface area contributed by atoms with E-state index in [0.717, 1.165) is 64.4 Å². The number of hydrogen-bond donors (Lipinski definition) is 2. The van der Waals surface area contributed by atoms with Gasteiger partial charge < -0.3 is 9.47 Å². The van der Waals surface area contributed by atoms with Gasteiger partial charge in [0, 0.05) is 26.4 Å². The molecule has 0 radical (unpaired) electrons. The van der Waals surface area contributed by atoms with Crippen LogP contribution in [0.3, 0.4) is 0 Å². The molecule has 0 rings (SSSR count). The Balaban J connectivity index is 3.23. The second-order valence-electron chi connectivity index (χ2n) is 7.19. The van der Waals surface area contributed by atoms with Crippen LogP contribution in [-0.4, -0.2) is 36.9 Å². The minimum absolute atomic E-state index is 0.300. The minimum Gasteiger partial charge on any atom is -0.381 e. The van der Waals surface area contributed by atoms with Gasteiger partial charge in [0.25, 0.3) is 0 Å². The van der Waals surface area contributed by atoms with Crippen LogP contribution in [0.1, 0.15) is 72.6 Å². The van der Waals surface area contributed by atoms with Crippen LogP contribution in [-0.2, 0) is 14.0 Å². The van der Waals surface area contributed by atoms with Gasteiger partial charge in [-0.1, -0.05) is 31.8 Å². The van der Waals surface area contributed by atoms with E-state index in [4.69, 9.17) is 14.4 Å². The van der Waals surface area contributed by atoms with Gasteiger partial charge >= 0.3 is 8.18 Å². The zero-order valence-electron chi connectivity index (χ0n) is 15.5. The second kappa shape index (κ2) is 14.3. The Morgan fingerprint density at radius 2 is 1.48 bits per heavy atom. The highest BCUT2D eigenvalue weighted by Crippen LogP contribution is 2.20. The normalized spacial score (nSPS) is 12.9. The zero-order valence-corrected chi connectivity index (χ0v) is 16.4. The van der Waals surface area contributed by atoms with E-state index in [1.807, 2.05) is 13.8 Å². The topological polar surface area (TPSA) is 67.8 Å².